The van der Waals surface area contributed by atoms with E-state index in [4.69, 9.17) is 10.5 Å². The van der Waals surface area contributed by atoms with E-state index in [1.165, 1.54) is 12.8 Å². The van der Waals surface area contributed by atoms with E-state index in [-0.39, 0.29) is 12.0 Å². The number of amides is 1. The molecule has 1 aliphatic heterocycles. The predicted molar refractivity (Wildman–Crippen MR) is 75.7 cm³/mol. The topological polar surface area (TPSA) is 64.3 Å². The van der Waals surface area contributed by atoms with Crippen LogP contribution < -0.4 is 11.1 Å². The summed E-state index contributed by atoms with van der Waals surface area (Å²) in [4.78, 5) is 11.8. The van der Waals surface area contributed by atoms with Crippen molar-refractivity contribution in [1.82, 2.24) is 5.32 Å². The molecule has 0 radical (unpaired) electrons. The molecule has 1 saturated carbocycles. The van der Waals surface area contributed by atoms with Gasteiger partial charge in [0.2, 0.25) is 5.91 Å². The monoisotopic (exact) mass is 268 g/mol. The van der Waals surface area contributed by atoms with E-state index in [0.717, 1.165) is 38.8 Å². The van der Waals surface area contributed by atoms with Crippen molar-refractivity contribution in [1.29, 1.82) is 0 Å². The Hall–Kier alpha value is -0.610. The second-order valence-electron chi connectivity index (χ2n) is 6.26. The van der Waals surface area contributed by atoms with Gasteiger partial charge in [-0.15, -0.1) is 0 Å². The minimum absolute atomic E-state index is 0.193. The maximum atomic E-state index is 11.8. The maximum absolute atomic E-state index is 11.8. The molecule has 110 valence electrons. The van der Waals surface area contributed by atoms with E-state index in [2.05, 4.69) is 12.2 Å². The zero-order valence-electron chi connectivity index (χ0n) is 12.1. The smallest absolute Gasteiger partial charge is 0.220 e. The van der Waals surface area contributed by atoms with Gasteiger partial charge in [0.05, 0.1) is 6.10 Å². The van der Waals surface area contributed by atoms with Crippen LogP contribution in [0.3, 0.4) is 0 Å². The van der Waals surface area contributed by atoms with Gasteiger partial charge in [-0.1, -0.05) is 12.8 Å². The molecule has 2 rings (SSSR count). The largest absolute Gasteiger partial charge is 0.378 e. The maximum Gasteiger partial charge on any atom is 0.220 e. The van der Waals surface area contributed by atoms with Gasteiger partial charge in [-0.3, -0.25) is 4.79 Å². The molecule has 0 aromatic carbocycles. The minimum atomic E-state index is 0.193. The number of carbonyl (C=O) groups excluding carboxylic acids is 1. The molecule has 3 N–H and O–H groups in total. The molecule has 0 bridgehead atoms. The number of carbonyl (C=O) groups is 1. The van der Waals surface area contributed by atoms with Crippen molar-refractivity contribution < 1.29 is 9.53 Å². The van der Waals surface area contributed by atoms with Crippen LogP contribution in [-0.4, -0.2) is 31.2 Å². The van der Waals surface area contributed by atoms with Crippen molar-refractivity contribution >= 4 is 5.91 Å². The fraction of sp³-hybridized carbons (Fsp3) is 0.933. The van der Waals surface area contributed by atoms with E-state index in [1.807, 2.05) is 0 Å². The van der Waals surface area contributed by atoms with Crippen LogP contribution in [0.25, 0.3) is 0 Å². The molecule has 0 aromatic rings. The molecular weight excluding hydrogens is 240 g/mol. The van der Waals surface area contributed by atoms with Gasteiger partial charge in [0.15, 0.2) is 0 Å². The number of hydrogen-bond acceptors (Lipinski definition) is 3. The fourth-order valence-electron chi connectivity index (χ4n) is 3.31. The standard InChI is InChI=1S/C15H28N2O2/c1-11-13(7-8-19-11)10-17-15(18)6-5-12-3-2-4-14(16)9-12/h11-14H,2-10,16H2,1H3,(H,17,18). The average Bonchev–Trinajstić information content (AvgIpc) is 2.80. The normalized spacial score (nSPS) is 35.3. The summed E-state index contributed by atoms with van der Waals surface area (Å²) in [6, 6.07) is 0.360. The summed E-state index contributed by atoms with van der Waals surface area (Å²) in [7, 11) is 0. The molecule has 1 heterocycles. The zero-order valence-corrected chi connectivity index (χ0v) is 12.1. The lowest BCUT2D eigenvalue weighted by molar-refractivity contribution is -0.121. The van der Waals surface area contributed by atoms with Crippen LogP contribution in [-0.2, 0) is 9.53 Å². The summed E-state index contributed by atoms with van der Waals surface area (Å²) in [5, 5.41) is 3.06. The third kappa shape index (κ3) is 4.77. The van der Waals surface area contributed by atoms with Crippen LogP contribution in [0.15, 0.2) is 0 Å². The highest BCUT2D eigenvalue weighted by Crippen LogP contribution is 2.26. The molecule has 19 heavy (non-hydrogen) atoms. The highest BCUT2D eigenvalue weighted by molar-refractivity contribution is 5.75. The van der Waals surface area contributed by atoms with E-state index >= 15 is 0 Å². The molecule has 4 atom stereocenters. The van der Waals surface area contributed by atoms with Gasteiger partial charge in [-0.2, -0.15) is 0 Å². The molecule has 1 aliphatic carbocycles. The Morgan fingerprint density at radius 2 is 2.21 bits per heavy atom. The van der Waals surface area contributed by atoms with Crippen molar-refractivity contribution in [3.63, 3.8) is 0 Å². The minimum Gasteiger partial charge on any atom is -0.378 e. The highest BCUT2D eigenvalue weighted by Gasteiger charge is 2.24. The summed E-state index contributed by atoms with van der Waals surface area (Å²) in [5.41, 5.74) is 5.97. The Morgan fingerprint density at radius 1 is 1.37 bits per heavy atom. The number of rotatable bonds is 5. The van der Waals surface area contributed by atoms with E-state index in [0.29, 0.717) is 24.3 Å². The third-order valence-electron chi connectivity index (χ3n) is 4.70. The summed E-state index contributed by atoms with van der Waals surface area (Å²) < 4.78 is 5.50. The molecule has 2 aliphatic rings. The lowest BCUT2D eigenvalue weighted by Crippen LogP contribution is -2.33. The molecule has 4 nitrogen and oxygen atoms in total. The summed E-state index contributed by atoms with van der Waals surface area (Å²) in [5.74, 6) is 1.34. The summed E-state index contributed by atoms with van der Waals surface area (Å²) in [6.45, 7) is 3.69. The molecule has 1 saturated heterocycles. The first kappa shape index (κ1) is 14.8. The predicted octanol–water partition coefficient (Wildman–Crippen LogP) is 1.83. The van der Waals surface area contributed by atoms with Crippen LogP contribution >= 0.6 is 0 Å². The van der Waals surface area contributed by atoms with Crippen molar-refractivity contribution in [2.75, 3.05) is 13.2 Å². The Bertz CT molecular complexity index is 296. The van der Waals surface area contributed by atoms with Crippen LogP contribution in [0.2, 0.25) is 0 Å². The van der Waals surface area contributed by atoms with Gasteiger partial charge in [0.25, 0.3) is 0 Å². The van der Waals surface area contributed by atoms with E-state index in [9.17, 15) is 4.79 Å². The molecule has 0 spiro atoms. The highest BCUT2D eigenvalue weighted by atomic mass is 16.5. The first-order valence-electron chi connectivity index (χ1n) is 7.79. The molecule has 0 aromatic heterocycles. The van der Waals surface area contributed by atoms with Crippen LogP contribution in [0, 0.1) is 11.8 Å². The van der Waals surface area contributed by atoms with Gasteiger partial charge in [0.1, 0.15) is 0 Å². The first-order valence-corrected chi connectivity index (χ1v) is 7.79. The van der Waals surface area contributed by atoms with Crippen LogP contribution in [0.4, 0.5) is 0 Å². The van der Waals surface area contributed by atoms with Crippen molar-refractivity contribution in [2.45, 2.75) is 64.0 Å². The van der Waals surface area contributed by atoms with E-state index in [1.54, 1.807) is 0 Å². The van der Waals surface area contributed by atoms with Gasteiger partial charge in [-0.05, 0) is 38.5 Å². The Balaban J connectivity index is 1.59. The number of nitrogens with one attached hydrogen (secondary N) is 1. The Morgan fingerprint density at radius 3 is 2.89 bits per heavy atom. The van der Waals surface area contributed by atoms with Gasteiger partial charge in [-0.25, -0.2) is 0 Å². The zero-order chi connectivity index (χ0) is 13.7. The molecular formula is C15H28N2O2. The second kappa shape index (κ2) is 7.25. The first-order chi connectivity index (χ1) is 9.15. The quantitative estimate of drug-likeness (QED) is 0.799. The Kier molecular flexibility index (Phi) is 5.64. The molecule has 4 unspecified atom stereocenters. The lowest BCUT2D eigenvalue weighted by atomic mass is 9.83. The fourth-order valence-corrected chi connectivity index (χ4v) is 3.31. The molecule has 4 heteroatoms. The Labute approximate surface area is 116 Å². The second-order valence-corrected chi connectivity index (χ2v) is 6.26. The number of nitrogens with two attached hydrogens (primary N) is 1. The van der Waals surface area contributed by atoms with Crippen molar-refractivity contribution in [3.05, 3.63) is 0 Å². The van der Waals surface area contributed by atoms with Crippen molar-refractivity contribution in [3.8, 4) is 0 Å². The summed E-state index contributed by atoms with van der Waals surface area (Å²) >= 11 is 0. The summed E-state index contributed by atoms with van der Waals surface area (Å²) in [6.07, 6.45) is 7.73. The van der Waals surface area contributed by atoms with Crippen molar-refractivity contribution in [2.24, 2.45) is 17.6 Å². The van der Waals surface area contributed by atoms with Gasteiger partial charge in [0, 0.05) is 31.5 Å². The number of hydrogen-bond donors (Lipinski definition) is 2. The SMILES string of the molecule is CC1OCCC1CNC(=O)CCC1CCCC(N)C1. The lowest BCUT2D eigenvalue weighted by Gasteiger charge is -2.26. The average molecular weight is 268 g/mol. The molecule has 2 fully saturated rings. The molecule has 1 amide bonds. The number of ether oxygens (including phenoxy) is 1. The van der Waals surface area contributed by atoms with Gasteiger partial charge < -0.3 is 15.8 Å². The third-order valence-corrected chi connectivity index (χ3v) is 4.70. The van der Waals surface area contributed by atoms with Crippen LogP contribution in [0.1, 0.15) is 51.9 Å². The van der Waals surface area contributed by atoms with E-state index < -0.39 is 0 Å². The van der Waals surface area contributed by atoms with Gasteiger partial charge >= 0.3 is 0 Å². The van der Waals surface area contributed by atoms with Crippen LogP contribution in [0.5, 0.6) is 0 Å².